The summed E-state index contributed by atoms with van der Waals surface area (Å²) in [5.74, 6) is -0.262. The summed E-state index contributed by atoms with van der Waals surface area (Å²) in [5, 5.41) is 0.948. The molecule has 6 rings (SSSR count). The molecule has 0 aliphatic carbocycles. The number of halogens is 1. The van der Waals surface area contributed by atoms with E-state index in [1.807, 2.05) is 110 Å². The molecule has 8 heteroatoms. The standard InChI is InChI=1S/C38H35IN4O2S/c1-26-34(46-27(2)41-26)19-20-35(44)43(24-28-15-17-30(18-16-28)33-14-8-9-22-40-33)37(36(39)31-11-4-3-5-12-31)38(45)42-23-21-29-10-6-7-13-32(29)25-42/h3-20,22,36-37H,21,23-25H2,1-2H3. The molecule has 3 aromatic carbocycles. The zero-order valence-corrected chi connectivity index (χ0v) is 28.8. The molecule has 5 aromatic rings. The second-order valence-corrected chi connectivity index (χ2v) is 14.0. The van der Waals surface area contributed by atoms with Gasteiger partial charge in [0.15, 0.2) is 0 Å². The number of aromatic nitrogens is 2. The van der Waals surface area contributed by atoms with E-state index in [1.165, 1.54) is 5.56 Å². The molecule has 0 spiro atoms. The van der Waals surface area contributed by atoms with Crippen LogP contribution in [-0.2, 0) is 29.1 Å². The van der Waals surface area contributed by atoms with Crippen LogP contribution in [0, 0.1) is 13.8 Å². The molecule has 0 radical (unpaired) electrons. The lowest BCUT2D eigenvalue weighted by Crippen LogP contribution is -2.53. The van der Waals surface area contributed by atoms with Crippen molar-refractivity contribution in [3.05, 3.63) is 147 Å². The number of amides is 2. The second kappa shape index (κ2) is 14.5. The van der Waals surface area contributed by atoms with Gasteiger partial charge in [0.2, 0.25) is 11.8 Å². The summed E-state index contributed by atoms with van der Waals surface area (Å²) in [5.41, 5.74) is 7.13. The summed E-state index contributed by atoms with van der Waals surface area (Å²) < 4.78 is -0.277. The van der Waals surface area contributed by atoms with Crippen molar-refractivity contribution in [1.82, 2.24) is 19.8 Å². The van der Waals surface area contributed by atoms with E-state index >= 15 is 0 Å². The van der Waals surface area contributed by atoms with Crippen molar-refractivity contribution in [1.29, 1.82) is 0 Å². The third-order valence-corrected chi connectivity index (χ3v) is 10.7. The van der Waals surface area contributed by atoms with Crippen LogP contribution in [0.15, 0.2) is 109 Å². The number of rotatable bonds is 9. The Morgan fingerprint density at radius 3 is 2.35 bits per heavy atom. The highest BCUT2D eigenvalue weighted by Crippen LogP contribution is 2.34. The van der Waals surface area contributed by atoms with Gasteiger partial charge in [-0.15, -0.1) is 11.3 Å². The lowest BCUT2D eigenvalue weighted by Gasteiger charge is -2.38. The molecule has 232 valence electrons. The van der Waals surface area contributed by atoms with Crippen molar-refractivity contribution in [2.45, 2.75) is 43.3 Å². The number of pyridine rings is 1. The van der Waals surface area contributed by atoms with Gasteiger partial charge in [-0.1, -0.05) is 108 Å². The lowest BCUT2D eigenvalue weighted by molar-refractivity contribution is -0.144. The minimum Gasteiger partial charge on any atom is -0.336 e. The number of fused-ring (bicyclic) bond motifs is 1. The first-order valence-electron chi connectivity index (χ1n) is 15.3. The van der Waals surface area contributed by atoms with Gasteiger partial charge in [-0.2, -0.15) is 0 Å². The van der Waals surface area contributed by atoms with E-state index in [-0.39, 0.29) is 22.3 Å². The maximum atomic E-state index is 14.7. The molecule has 2 atom stereocenters. The summed E-state index contributed by atoms with van der Waals surface area (Å²) in [6.45, 7) is 5.33. The average Bonchev–Trinajstić information content (AvgIpc) is 3.43. The fourth-order valence-corrected chi connectivity index (χ4v) is 7.82. The molecule has 0 bridgehead atoms. The van der Waals surface area contributed by atoms with Gasteiger partial charge in [0.25, 0.3) is 0 Å². The molecule has 46 heavy (non-hydrogen) atoms. The van der Waals surface area contributed by atoms with Crippen molar-refractivity contribution < 1.29 is 9.59 Å². The van der Waals surface area contributed by atoms with Crippen LogP contribution in [0.2, 0.25) is 0 Å². The number of carbonyl (C=O) groups is 2. The molecule has 1 aliphatic heterocycles. The summed E-state index contributed by atoms with van der Waals surface area (Å²) >= 11 is 3.91. The van der Waals surface area contributed by atoms with Crippen LogP contribution >= 0.6 is 33.9 Å². The molecule has 1 aliphatic rings. The van der Waals surface area contributed by atoms with Crippen LogP contribution in [-0.4, -0.2) is 44.2 Å². The van der Waals surface area contributed by atoms with Crippen molar-refractivity contribution in [2.75, 3.05) is 6.54 Å². The highest BCUT2D eigenvalue weighted by atomic mass is 127. The number of thiazole rings is 1. The van der Waals surface area contributed by atoms with E-state index in [0.29, 0.717) is 13.1 Å². The normalized spacial score (nSPS) is 14.1. The predicted molar refractivity (Wildman–Crippen MR) is 193 cm³/mol. The zero-order chi connectivity index (χ0) is 32.0. The van der Waals surface area contributed by atoms with Crippen molar-refractivity contribution in [3.8, 4) is 11.3 Å². The Kier molecular flexibility index (Phi) is 10.0. The van der Waals surface area contributed by atoms with Crippen LogP contribution in [0.5, 0.6) is 0 Å². The van der Waals surface area contributed by atoms with Crippen LogP contribution in [0.1, 0.15) is 41.8 Å². The number of carbonyl (C=O) groups excluding carboxylic acids is 2. The number of aryl methyl sites for hydroxylation is 2. The van der Waals surface area contributed by atoms with E-state index in [2.05, 4.69) is 44.7 Å². The molecule has 6 nitrogen and oxygen atoms in total. The third kappa shape index (κ3) is 7.29. The molecule has 2 amide bonds. The maximum absolute atomic E-state index is 14.7. The first-order valence-corrected chi connectivity index (χ1v) is 17.4. The highest BCUT2D eigenvalue weighted by molar-refractivity contribution is 14.1. The van der Waals surface area contributed by atoms with Gasteiger partial charge >= 0.3 is 0 Å². The fraction of sp³-hybridized carbons (Fsp3) is 0.211. The van der Waals surface area contributed by atoms with E-state index in [1.54, 1.807) is 28.5 Å². The van der Waals surface area contributed by atoms with Crippen LogP contribution in [0.3, 0.4) is 0 Å². The second-order valence-electron chi connectivity index (χ2n) is 11.4. The van der Waals surface area contributed by atoms with Gasteiger partial charge in [-0.3, -0.25) is 14.6 Å². The van der Waals surface area contributed by atoms with E-state index in [0.717, 1.165) is 49.9 Å². The summed E-state index contributed by atoms with van der Waals surface area (Å²) in [7, 11) is 0. The fourth-order valence-electron chi connectivity index (χ4n) is 5.88. The van der Waals surface area contributed by atoms with Crippen molar-refractivity contribution in [3.63, 3.8) is 0 Å². The monoisotopic (exact) mass is 738 g/mol. The summed E-state index contributed by atoms with van der Waals surface area (Å²) in [4.78, 5) is 42.7. The number of alkyl halides is 1. The SMILES string of the molecule is Cc1nc(C)c(C=CC(=O)N(Cc2ccc(-c3ccccn3)cc2)C(C(=O)N2CCc3ccccc3C2)C(I)c2ccccc2)s1. The highest BCUT2D eigenvalue weighted by Gasteiger charge is 2.39. The number of benzene rings is 3. The third-order valence-electron chi connectivity index (χ3n) is 8.29. The van der Waals surface area contributed by atoms with Gasteiger partial charge < -0.3 is 9.80 Å². The molecular formula is C38H35IN4O2S. The van der Waals surface area contributed by atoms with Crippen molar-refractivity contribution >= 4 is 51.8 Å². The van der Waals surface area contributed by atoms with E-state index < -0.39 is 6.04 Å². The van der Waals surface area contributed by atoms with Crippen LogP contribution in [0.25, 0.3) is 17.3 Å². The number of nitrogens with zero attached hydrogens (tertiary/aromatic N) is 4. The molecule has 0 saturated carbocycles. The average molecular weight is 739 g/mol. The van der Waals surface area contributed by atoms with Crippen molar-refractivity contribution in [2.24, 2.45) is 0 Å². The minimum absolute atomic E-state index is 0.0468. The molecule has 2 aromatic heterocycles. The molecule has 2 unspecified atom stereocenters. The minimum atomic E-state index is -0.731. The topological polar surface area (TPSA) is 66.4 Å². The zero-order valence-electron chi connectivity index (χ0n) is 25.8. The molecule has 0 fully saturated rings. The molecular weight excluding hydrogens is 703 g/mol. The van der Waals surface area contributed by atoms with E-state index in [4.69, 9.17) is 0 Å². The lowest BCUT2D eigenvalue weighted by atomic mass is 9.97. The predicted octanol–water partition coefficient (Wildman–Crippen LogP) is 7.99. The smallest absolute Gasteiger partial charge is 0.247 e. The Hall–Kier alpha value is -4.15. The Morgan fingerprint density at radius 2 is 1.65 bits per heavy atom. The van der Waals surface area contributed by atoms with E-state index in [9.17, 15) is 9.59 Å². The van der Waals surface area contributed by atoms with Crippen LogP contribution < -0.4 is 0 Å². The Labute approximate surface area is 288 Å². The Balaban J connectivity index is 1.38. The van der Waals surface area contributed by atoms with Gasteiger partial charge in [0, 0.05) is 37.5 Å². The van der Waals surface area contributed by atoms with Gasteiger partial charge in [0.1, 0.15) is 6.04 Å². The maximum Gasteiger partial charge on any atom is 0.247 e. The largest absolute Gasteiger partial charge is 0.336 e. The Morgan fingerprint density at radius 1 is 0.935 bits per heavy atom. The van der Waals surface area contributed by atoms with Crippen LogP contribution in [0.4, 0.5) is 0 Å². The summed E-state index contributed by atoms with van der Waals surface area (Å²) in [6.07, 6.45) is 6.01. The first-order chi connectivity index (χ1) is 22.4. The Bertz CT molecular complexity index is 1840. The molecule has 0 N–H and O–H groups in total. The van der Waals surface area contributed by atoms with Gasteiger partial charge in [-0.05, 0) is 60.7 Å². The first kappa shape index (κ1) is 31.8. The van der Waals surface area contributed by atoms with Gasteiger partial charge in [0.05, 0.1) is 25.2 Å². The number of hydrogen-bond acceptors (Lipinski definition) is 5. The molecule has 3 heterocycles. The van der Waals surface area contributed by atoms with Gasteiger partial charge in [-0.25, -0.2) is 4.98 Å². The number of hydrogen-bond donors (Lipinski definition) is 0. The summed E-state index contributed by atoms with van der Waals surface area (Å²) in [6, 6.07) is 31.5. The molecule has 0 saturated heterocycles. The quantitative estimate of drug-likeness (QED) is 0.0874.